The summed E-state index contributed by atoms with van der Waals surface area (Å²) in [5.41, 5.74) is 0. The van der Waals surface area contributed by atoms with Gasteiger partial charge in [0.25, 0.3) is 0 Å². The molecule has 2 atom stereocenters. The highest BCUT2D eigenvalue weighted by Crippen LogP contribution is 2.33. The van der Waals surface area contributed by atoms with Crippen molar-refractivity contribution in [3.05, 3.63) is 0 Å². The summed E-state index contributed by atoms with van der Waals surface area (Å²) >= 11 is 0. The third kappa shape index (κ3) is 3.22. The van der Waals surface area contributed by atoms with Gasteiger partial charge < -0.3 is 0 Å². The summed E-state index contributed by atoms with van der Waals surface area (Å²) < 4.78 is 0. The zero-order valence-corrected chi connectivity index (χ0v) is 13.7. The average Bonchev–Trinajstić information content (AvgIpc) is 2.94. The highest BCUT2D eigenvalue weighted by molar-refractivity contribution is 4.92. The highest BCUT2D eigenvalue weighted by Gasteiger charge is 2.36. The van der Waals surface area contributed by atoms with Gasteiger partial charge in [-0.2, -0.15) is 0 Å². The molecule has 20 heavy (non-hydrogen) atoms. The number of rotatable bonds is 4. The summed E-state index contributed by atoms with van der Waals surface area (Å²) in [6.45, 7) is 10.3. The predicted molar refractivity (Wildman–Crippen MR) is 86.0 cm³/mol. The normalized spacial score (nSPS) is 39.9. The van der Waals surface area contributed by atoms with Gasteiger partial charge in [-0.05, 0) is 50.5 Å². The van der Waals surface area contributed by atoms with Crippen LogP contribution in [0.3, 0.4) is 0 Å². The smallest absolute Gasteiger partial charge is 0.0224 e. The van der Waals surface area contributed by atoms with E-state index < -0.39 is 0 Å². The summed E-state index contributed by atoms with van der Waals surface area (Å²) in [6, 6.07) is 1.73. The number of hydrogen-bond acceptors (Lipinski definition) is 2. The quantitative estimate of drug-likeness (QED) is 0.772. The van der Waals surface area contributed by atoms with Crippen molar-refractivity contribution in [2.75, 3.05) is 26.2 Å². The third-order valence-electron chi connectivity index (χ3n) is 6.41. The van der Waals surface area contributed by atoms with Crippen molar-refractivity contribution in [1.82, 2.24) is 9.80 Å². The van der Waals surface area contributed by atoms with E-state index in [1.54, 1.807) is 0 Å². The van der Waals surface area contributed by atoms with Crippen LogP contribution < -0.4 is 0 Å². The molecule has 0 amide bonds. The Kier molecular flexibility index (Phi) is 5.04. The van der Waals surface area contributed by atoms with Crippen molar-refractivity contribution in [3.63, 3.8) is 0 Å². The Labute approximate surface area is 125 Å². The van der Waals surface area contributed by atoms with E-state index in [0.29, 0.717) is 0 Å². The molecule has 3 aliphatic rings. The van der Waals surface area contributed by atoms with Crippen molar-refractivity contribution in [2.45, 2.75) is 77.3 Å². The van der Waals surface area contributed by atoms with Crippen LogP contribution in [-0.2, 0) is 0 Å². The first-order chi connectivity index (χ1) is 9.80. The van der Waals surface area contributed by atoms with Crippen LogP contribution in [0.5, 0.6) is 0 Å². The topological polar surface area (TPSA) is 6.48 Å². The maximum atomic E-state index is 2.88. The number of nitrogens with zero attached hydrogens (tertiary/aromatic N) is 2. The summed E-state index contributed by atoms with van der Waals surface area (Å²) in [5.74, 6) is 2.04. The Hall–Kier alpha value is -0.0800. The van der Waals surface area contributed by atoms with Gasteiger partial charge in [0.2, 0.25) is 0 Å². The molecular weight excluding hydrogens is 244 g/mol. The summed E-state index contributed by atoms with van der Waals surface area (Å²) in [4.78, 5) is 5.65. The van der Waals surface area contributed by atoms with Crippen LogP contribution in [0.4, 0.5) is 0 Å². The summed E-state index contributed by atoms with van der Waals surface area (Å²) in [7, 11) is 0. The standard InChI is InChI=1S/C18H34N2/c1-3-15-7-9-16(10-8-15)12-20-14-18-6-5-11-19(18)13-17(20)4-2/h15-18H,3-14H2,1-2H3. The van der Waals surface area contributed by atoms with E-state index in [0.717, 1.165) is 23.9 Å². The van der Waals surface area contributed by atoms with Crippen molar-refractivity contribution in [2.24, 2.45) is 11.8 Å². The van der Waals surface area contributed by atoms with Crippen LogP contribution in [0, 0.1) is 11.8 Å². The molecule has 0 aromatic heterocycles. The molecule has 2 heteroatoms. The molecule has 2 unspecified atom stereocenters. The summed E-state index contributed by atoms with van der Waals surface area (Å²) in [5, 5.41) is 0. The monoisotopic (exact) mass is 278 g/mol. The fourth-order valence-electron chi connectivity index (χ4n) is 4.91. The molecule has 2 nitrogen and oxygen atoms in total. The van der Waals surface area contributed by atoms with Crippen LogP contribution in [0.1, 0.15) is 65.2 Å². The number of hydrogen-bond donors (Lipinski definition) is 0. The second kappa shape index (κ2) is 6.79. The van der Waals surface area contributed by atoms with Crippen molar-refractivity contribution < 1.29 is 0 Å². The Morgan fingerprint density at radius 3 is 2.30 bits per heavy atom. The van der Waals surface area contributed by atoms with Crippen LogP contribution in [-0.4, -0.2) is 48.1 Å². The lowest BCUT2D eigenvalue weighted by atomic mass is 9.80. The van der Waals surface area contributed by atoms with Gasteiger partial charge in [0.05, 0.1) is 0 Å². The Balaban J connectivity index is 1.53. The SMILES string of the molecule is CCC1CCC(CN2CC3CCCN3CC2CC)CC1. The van der Waals surface area contributed by atoms with E-state index >= 15 is 0 Å². The second-order valence-electron chi connectivity index (χ2n) is 7.60. The van der Waals surface area contributed by atoms with Gasteiger partial charge in [0.15, 0.2) is 0 Å². The van der Waals surface area contributed by atoms with E-state index in [2.05, 4.69) is 23.6 Å². The number of piperazine rings is 1. The van der Waals surface area contributed by atoms with Crippen LogP contribution >= 0.6 is 0 Å². The molecule has 116 valence electrons. The third-order valence-corrected chi connectivity index (χ3v) is 6.41. The highest BCUT2D eigenvalue weighted by atomic mass is 15.3. The van der Waals surface area contributed by atoms with Crippen molar-refractivity contribution in [3.8, 4) is 0 Å². The van der Waals surface area contributed by atoms with Gasteiger partial charge in [-0.1, -0.05) is 33.1 Å². The van der Waals surface area contributed by atoms with Crippen LogP contribution in [0.2, 0.25) is 0 Å². The zero-order valence-electron chi connectivity index (χ0n) is 13.7. The maximum Gasteiger partial charge on any atom is 0.0224 e. The molecule has 2 aliphatic heterocycles. The molecule has 2 saturated heterocycles. The second-order valence-corrected chi connectivity index (χ2v) is 7.60. The average molecular weight is 278 g/mol. The van der Waals surface area contributed by atoms with E-state index in [1.165, 1.54) is 77.5 Å². The van der Waals surface area contributed by atoms with E-state index in [-0.39, 0.29) is 0 Å². The molecular formula is C18H34N2. The fraction of sp³-hybridized carbons (Fsp3) is 1.00. The summed E-state index contributed by atoms with van der Waals surface area (Å²) in [6.07, 6.45) is 11.6. The van der Waals surface area contributed by atoms with Gasteiger partial charge in [-0.3, -0.25) is 9.80 Å². The zero-order chi connectivity index (χ0) is 13.9. The fourth-order valence-corrected chi connectivity index (χ4v) is 4.91. The van der Waals surface area contributed by atoms with Gasteiger partial charge in [0, 0.05) is 31.7 Å². The van der Waals surface area contributed by atoms with Crippen molar-refractivity contribution in [1.29, 1.82) is 0 Å². The Morgan fingerprint density at radius 1 is 0.850 bits per heavy atom. The maximum absolute atomic E-state index is 2.88. The molecule has 2 heterocycles. The molecule has 0 bridgehead atoms. The first kappa shape index (κ1) is 14.8. The Bertz CT molecular complexity index is 296. The number of fused-ring (bicyclic) bond motifs is 1. The van der Waals surface area contributed by atoms with Crippen LogP contribution in [0.15, 0.2) is 0 Å². The van der Waals surface area contributed by atoms with Crippen molar-refractivity contribution >= 4 is 0 Å². The first-order valence-corrected chi connectivity index (χ1v) is 9.28. The molecule has 0 aromatic carbocycles. The molecule has 0 aromatic rings. The lowest BCUT2D eigenvalue weighted by Gasteiger charge is -2.45. The molecule has 3 fully saturated rings. The van der Waals surface area contributed by atoms with Gasteiger partial charge >= 0.3 is 0 Å². The van der Waals surface area contributed by atoms with E-state index in [1.807, 2.05) is 0 Å². The molecule has 0 N–H and O–H groups in total. The van der Waals surface area contributed by atoms with E-state index in [4.69, 9.17) is 0 Å². The van der Waals surface area contributed by atoms with Gasteiger partial charge in [-0.15, -0.1) is 0 Å². The molecule has 1 aliphatic carbocycles. The van der Waals surface area contributed by atoms with Gasteiger partial charge in [-0.25, -0.2) is 0 Å². The molecule has 1 saturated carbocycles. The predicted octanol–water partition coefficient (Wildman–Crippen LogP) is 3.76. The molecule has 3 rings (SSSR count). The largest absolute Gasteiger partial charge is 0.298 e. The minimum absolute atomic E-state index is 0.841. The van der Waals surface area contributed by atoms with Gasteiger partial charge in [0.1, 0.15) is 0 Å². The Morgan fingerprint density at radius 2 is 1.60 bits per heavy atom. The lowest BCUT2D eigenvalue weighted by molar-refractivity contribution is 0.0316. The van der Waals surface area contributed by atoms with E-state index in [9.17, 15) is 0 Å². The van der Waals surface area contributed by atoms with Crippen LogP contribution in [0.25, 0.3) is 0 Å². The molecule has 0 radical (unpaired) electrons. The minimum Gasteiger partial charge on any atom is -0.298 e. The molecule has 0 spiro atoms. The lowest BCUT2D eigenvalue weighted by Crippen LogP contribution is -2.56. The first-order valence-electron chi connectivity index (χ1n) is 9.28. The minimum atomic E-state index is 0.841.